The third-order valence-electron chi connectivity index (χ3n) is 5.04. The maximum atomic E-state index is 12.7. The lowest BCUT2D eigenvalue weighted by molar-refractivity contribution is 0.0890. The van der Waals surface area contributed by atoms with Gasteiger partial charge in [0.15, 0.2) is 0 Å². The first kappa shape index (κ1) is 18.7. The molecule has 1 fully saturated rings. The van der Waals surface area contributed by atoms with E-state index in [2.05, 4.69) is 15.4 Å². The van der Waals surface area contributed by atoms with Gasteiger partial charge in [0, 0.05) is 36.3 Å². The van der Waals surface area contributed by atoms with Crippen LogP contribution in [0.15, 0.2) is 61.1 Å². The summed E-state index contributed by atoms with van der Waals surface area (Å²) >= 11 is 0. The summed E-state index contributed by atoms with van der Waals surface area (Å²) in [5, 5.41) is 16.2. The summed E-state index contributed by atoms with van der Waals surface area (Å²) in [5.41, 5.74) is 1.99. The number of pyridine rings is 1. The Hall–Kier alpha value is -3.66. The fourth-order valence-electron chi connectivity index (χ4n) is 3.49. The van der Waals surface area contributed by atoms with Crippen LogP contribution in [-0.2, 0) is 0 Å². The van der Waals surface area contributed by atoms with Crippen LogP contribution >= 0.6 is 0 Å². The van der Waals surface area contributed by atoms with Crippen molar-refractivity contribution in [3.63, 3.8) is 0 Å². The second-order valence-electron chi connectivity index (χ2n) is 7.06. The van der Waals surface area contributed by atoms with Crippen LogP contribution in [0.25, 0.3) is 5.69 Å². The van der Waals surface area contributed by atoms with Crippen LogP contribution in [0.2, 0.25) is 0 Å². The minimum absolute atomic E-state index is 0.0721. The summed E-state index contributed by atoms with van der Waals surface area (Å²) in [6.07, 6.45) is 8.55. The average molecular weight is 387 g/mol. The van der Waals surface area contributed by atoms with Gasteiger partial charge >= 0.3 is 0 Å². The minimum Gasteiger partial charge on any atom is -0.474 e. The van der Waals surface area contributed by atoms with E-state index in [9.17, 15) is 4.79 Å². The predicted octanol–water partition coefficient (Wildman–Crippen LogP) is 3.26. The van der Waals surface area contributed by atoms with E-state index in [4.69, 9.17) is 10.00 Å². The van der Waals surface area contributed by atoms with Gasteiger partial charge in [0.1, 0.15) is 12.2 Å². The summed E-state index contributed by atoms with van der Waals surface area (Å²) in [6.45, 7) is 0. The average Bonchev–Trinajstić information content (AvgIpc) is 3.31. The van der Waals surface area contributed by atoms with Gasteiger partial charge < -0.3 is 10.1 Å². The molecule has 7 heteroatoms. The van der Waals surface area contributed by atoms with Gasteiger partial charge in [-0.25, -0.2) is 9.67 Å². The molecule has 3 aromatic rings. The Labute approximate surface area is 169 Å². The molecule has 1 aliphatic carbocycles. The molecule has 2 heterocycles. The predicted molar refractivity (Wildman–Crippen MR) is 107 cm³/mol. The number of nitrogens with one attached hydrogen (secondary N) is 1. The molecule has 1 aliphatic rings. The zero-order valence-electron chi connectivity index (χ0n) is 15.9. The molecule has 0 saturated heterocycles. The molecule has 1 aromatic carbocycles. The van der Waals surface area contributed by atoms with Crippen molar-refractivity contribution in [2.75, 3.05) is 0 Å². The highest BCUT2D eigenvalue weighted by atomic mass is 16.5. The van der Waals surface area contributed by atoms with Crippen LogP contribution in [-0.4, -0.2) is 32.8 Å². The number of aromatic nitrogens is 3. The number of carbonyl (C=O) groups excluding carboxylic acids is 1. The SMILES string of the molecule is N#Cc1ccc(OC2CCC(NC(=O)c3cccc(-n4cccn4)c3)CC2)nc1. The van der Waals surface area contributed by atoms with Gasteiger partial charge in [-0.2, -0.15) is 10.4 Å². The second kappa shape index (κ2) is 8.57. The maximum absolute atomic E-state index is 12.7. The molecule has 0 bridgehead atoms. The Kier molecular flexibility index (Phi) is 5.52. The molecular formula is C22H21N5O2. The quantitative estimate of drug-likeness (QED) is 0.725. The molecule has 0 spiro atoms. The molecule has 0 atom stereocenters. The van der Waals surface area contributed by atoms with E-state index in [1.807, 2.05) is 42.6 Å². The summed E-state index contributed by atoms with van der Waals surface area (Å²) in [4.78, 5) is 16.8. The van der Waals surface area contributed by atoms with E-state index in [1.165, 1.54) is 6.20 Å². The molecule has 1 amide bonds. The molecule has 7 nitrogen and oxygen atoms in total. The minimum atomic E-state index is -0.0721. The number of amides is 1. The van der Waals surface area contributed by atoms with Crippen molar-refractivity contribution < 1.29 is 9.53 Å². The topological polar surface area (TPSA) is 92.8 Å². The fourth-order valence-corrected chi connectivity index (χ4v) is 3.49. The first-order chi connectivity index (χ1) is 14.2. The van der Waals surface area contributed by atoms with E-state index in [-0.39, 0.29) is 18.1 Å². The lowest BCUT2D eigenvalue weighted by Crippen LogP contribution is -2.39. The lowest BCUT2D eigenvalue weighted by atomic mass is 9.92. The van der Waals surface area contributed by atoms with Gasteiger partial charge in [0.2, 0.25) is 5.88 Å². The first-order valence-electron chi connectivity index (χ1n) is 9.65. The Morgan fingerprint density at radius 1 is 1.17 bits per heavy atom. The van der Waals surface area contributed by atoms with E-state index in [0.717, 1.165) is 31.4 Å². The number of hydrogen-bond acceptors (Lipinski definition) is 5. The van der Waals surface area contributed by atoms with Crippen molar-refractivity contribution in [2.24, 2.45) is 0 Å². The molecule has 0 unspecified atom stereocenters. The van der Waals surface area contributed by atoms with Crippen molar-refractivity contribution in [1.82, 2.24) is 20.1 Å². The van der Waals surface area contributed by atoms with Gasteiger partial charge in [-0.05, 0) is 56.0 Å². The highest BCUT2D eigenvalue weighted by Crippen LogP contribution is 2.23. The standard InChI is InChI=1S/C22H21N5O2/c23-14-16-5-10-21(24-15-16)29-20-8-6-18(7-9-20)26-22(28)17-3-1-4-19(13-17)27-12-2-11-25-27/h1-5,10-13,15,18,20H,6-9H2,(H,26,28). The normalized spacial score (nSPS) is 18.6. The summed E-state index contributed by atoms with van der Waals surface area (Å²) in [6, 6.07) is 14.9. The zero-order chi connectivity index (χ0) is 20.1. The van der Waals surface area contributed by atoms with Gasteiger partial charge in [-0.15, -0.1) is 0 Å². The van der Waals surface area contributed by atoms with Crippen LogP contribution < -0.4 is 10.1 Å². The van der Waals surface area contributed by atoms with E-state index < -0.39 is 0 Å². The summed E-state index contributed by atoms with van der Waals surface area (Å²) in [5.74, 6) is 0.462. The molecule has 0 aliphatic heterocycles. The molecule has 4 rings (SSSR count). The smallest absolute Gasteiger partial charge is 0.251 e. The second-order valence-corrected chi connectivity index (χ2v) is 7.06. The Balaban J connectivity index is 1.30. The van der Waals surface area contributed by atoms with Crippen LogP contribution in [0.3, 0.4) is 0 Å². The lowest BCUT2D eigenvalue weighted by Gasteiger charge is -2.29. The number of rotatable bonds is 5. The number of benzene rings is 1. The van der Waals surface area contributed by atoms with E-state index in [1.54, 1.807) is 23.0 Å². The number of nitrogens with zero attached hydrogens (tertiary/aromatic N) is 4. The molecule has 29 heavy (non-hydrogen) atoms. The van der Waals surface area contributed by atoms with Gasteiger partial charge in [-0.3, -0.25) is 4.79 Å². The van der Waals surface area contributed by atoms with Gasteiger partial charge in [0.05, 0.1) is 11.3 Å². The molecule has 1 N–H and O–H groups in total. The highest BCUT2D eigenvalue weighted by Gasteiger charge is 2.24. The van der Waals surface area contributed by atoms with Crippen molar-refractivity contribution >= 4 is 5.91 Å². The Bertz CT molecular complexity index is 1000. The first-order valence-corrected chi connectivity index (χ1v) is 9.65. The third kappa shape index (κ3) is 4.61. The molecular weight excluding hydrogens is 366 g/mol. The van der Waals surface area contributed by atoms with E-state index in [0.29, 0.717) is 17.0 Å². The summed E-state index contributed by atoms with van der Waals surface area (Å²) in [7, 11) is 0. The van der Waals surface area contributed by atoms with Gasteiger partial charge in [0.25, 0.3) is 5.91 Å². The van der Waals surface area contributed by atoms with Crippen molar-refractivity contribution in [1.29, 1.82) is 5.26 Å². The van der Waals surface area contributed by atoms with Crippen molar-refractivity contribution in [3.05, 3.63) is 72.2 Å². The Morgan fingerprint density at radius 2 is 2.03 bits per heavy atom. The van der Waals surface area contributed by atoms with Crippen molar-refractivity contribution in [3.8, 4) is 17.6 Å². The van der Waals surface area contributed by atoms with Crippen molar-refractivity contribution in [2.45, 2.75) is 37.8 Å². The Morgan fingerprint density at radius 3 is 2.72 bits per heavy atom. The number of ether oxygens (including phenoxy) is 1. The van der Waals surface area contributed by atoms with Crippen LogP contribution in [0.5, 0.6) is 5.88 Å². The highest BCUT2D eigenvalue weighted by molar-refractivity contribution is 5.94. The molecule has 0 radical (unpaired) electrons. The molecule has 2 aromatic heterocycles. The van der Waals surface area contributed by atoms with E-state index >= 15 is 0 Å². The van der Waals surface area contributed by atoms with Crippen LogP contribution in [0.4, 0.5) is 0 Å². The molecule has 1 saturated carbocycles. The monoisotopic (exact) mass is 387 g/mol. The maximum Gasteiger partial charge on any atom is 0.251 e. The number of hydrogen-bond donors (Lipinski definition) is 1. The summed E-state index contributed by atoms with van der Waals surface area (Å²) < 4.78 is 7.64. The largest absolute Gasteiger partial charge is 0.474 e. The number of nitriles is 1. The van der Waals surface area contributed by atoms with Gasteiger partial charge in [-0.1, -0.05) is 6.07 Å². The molecule has 146 valence electrons. The fraction of sp³-hybridized carbons (Fsp3) is 0.273. The zero-order valence-corrected chi connectivity index (χ0v) is 15.9. The third-order valence-corrected chi connectivity index (χ3v) is 5.04. The number of carbonyl (C=O) groups is 1. The van der Waals surface area contributed by atoms with Crippen LogP contribution in [0, 0.1) is 11.3 Å². The van der Waals surface area contributed by atoms with Crippen LogP contribution in [0.1, 0.15) is 41.6 Å².